The molecule has 1 aromatic rings. The number of nitrogens with one attached hydrogen (secondary N) is 1. The van der Waals surface area contributed by atoms with Crippen molar-refractivity contribution in [3.05, 3.63) is 17.5 Å². The van der Waals surface area contributed by atoms with E-state index in [1.54, 1.807) is 22.7 Å². The molecule has 17 heavy (non-hydrogen) atoms. The predicted octanol–water partition coefficient (Wildman–Crippen LogP) is -0.309. The fourth-order valence-corrected chi connectivity index (χ4v) is 1.94. The van der Waals surface area contributed by atoms with Crippen LogP contribution >= 0.6 is 0 Å². The second-order valence-electron chi connectivity index (χ2n) is 4.19. The molecule has 6 nitrogen and oxygen atoms in total. The van der Waals surface area contributed by atoms with E-state index in [1.807, 2.05) is 6.92 Å². The molecule has 1 fully saturated rings. The summed E-state index contributed by atoms with van der Waals surface area (Å²) in [6.07, 6.45) is 0.364. The first-order valence-electron chi connectivity index (χ1n) is 5.64. The van der Waals surface area contributed by atoms with E-state index in [9.17, 15) is 9.59 Å². The summed E-state index contributed by atoms with van der Waals surface area (Å²) >= 11 is 0. The van der Waals surface area contributed by atoms with Gasteiger partial charge >= 0.3 is 0 Å². The van der Waals surface area contributed by atoms with E-state index in [-0.39, 0.29) is 11.8 Å². The van der Waals surface area contributed by atoms with Crippen LogP contribution in [-0.2, 0) is 11.8 Å². The molecule has 6 heteroatoms. The molecular weight excluding hydrogens is 220 g/mol. The molecule has 1 N–H and O–H groups in total. The Morgan fingerprint density at radius 3 is 2.88 bits per heavy atom. The van der Waals surface area contributed by atoms with Crippen LogP contribution in [0.1, 0.15) is 22.6 Å². The third-order valence-electron chi connectivity index (χ3n) is 2.82. The molecule has 1 aliphatic rings. The van der Waals surface area contributed by atoms with Gasteiger partial charge in [-0.2, -0.15) is 5.10 Å². The number of rotatable bonds is 1. The van der Waals surface area contributed by atoms with E-state index in [4.69, 9.17) is 0 Å². The normalized spacial score (nSPS) is 16.6. The van der Waals surface area contributed by atoms with E-state index in [0.717, 1.165) is 5.69 Å². The van der Waals surface area contributed by atoms with E-state index < -0.39 is 0 Å². The Hall–Kier alpha value is -1.85. The topological polar surface area (TPSA) is 67.2 Å². The van der Waals surface area contributed by atoms with Gasteiger partial charge in [-0.25, -0.2) is 0 Å². The SMILES string of the molecule is Cc1cc(C(=O)N2CCNC(=O)CC2)n(C)n1. The van der Waals surface area contributed by atoms with Crippen LogP contribution in [0.25, 0.3) is 0 Å². The van der Waals surface area contributed by atoms with Crippen molar-refractivity contribution in [2.45, 2.75) is 13.3 Å². The summed E-state index contributed by atoms with van der Waals surface area (Å²) < 4.78 is 1.58. The van der Waals surface area contributed by atoms with Gasteiger partial charge in [0.15, 0.2) is 0 Å². The van der Waals surface area contributed by atoms with Crippen LogP contribution in [0.5, 0.6) is 0 Å². The highest BCUT2D eigenvalue weighted by Gasteiger charge is 2.22. The van der Waals surface area contributed by atoms with Gasteiger partial charge in [-0.15, -0.1) is 0 Å². The molecule has 1 aromatic heterocycles. The standard InChI is InChI=1S/C11H16N4O2/c1-8-7-9(14(2)13-8)11(17)15-5-3-10(16)12-4-6-15/h7H,3-6H2,1-2H3,(H,12,16). The Morgan fingerprint density at radius 1 is 1.47 bits per heavy atom. The summed E-state index contributed by atoms with van der Waals surface area (Å²) in [5.74, 6) is -0.0638. The molecule has 0 radical (unpaired) electrons. The molecule has 0 spiro atoms. The molecule has 0 aromatic carbocycles. The van der Waals surface area contributed by atoms with Crippen LogP contribution in [0.15, 0.2) is 6.07 Å². The largest absolute Gasteiger partial charge is 0.354 e. The summed E-state index contributed by atoms with van der Waals surface area (Å²) in [7, 11) is 1.75. The summed E-state index contributed by atoms with van der Waals surface area (Å²) in [6, 6.07) is 1.77. The van der Waals surface area contributed by atoms with Gasteiger partial charge in [-0.1, -0.05) is 0 Å². The van der Waals surface area contributed by atoms with E-state index in [0.29, 0.717) is 31.7 Å². The summed E-state index contributed by atoms with van der Waals surface area (Å²) in [5, 5.41) is 6.90. The second kappa shape index (κ2) is 4.57. The number of amides is 2. The van der Waals surface area contributed by atoms with Crippen molar-refractivity contribution >= 4 is 11.8 Å². The molecule has 0 bridgehead atoms. The average Bonchev–Trinajstić information content (AvgIpc) is 2.49. The number of carbonyl (C=O) groups excluding carboxylic acids is 2. The van der Waals surface area contributed by atoms with Crippen LogP contribution < -0.4 is 5.32 Å². The van der Waals surface area contributed by atoms with Gasteiger partial charge in [0, 0.05) is 33.1 Å². The van der Waals surface area contributed by atoms with Gasteiger partial charge in [0.05, 0.1) is 5.69 Å². The van der Waals surface area contributed by atoms with Crippen molar-refractivity contribution in [3.63, 3.8) is 0 Å². The minimum atomic E-state index is -0.0652. The molecule has 0 aliphatic carbocycles. The van der Waals surface area contributed by atoms with Gasteiger partial charge in [-0.05, 0) is 13.0 Å². The third-order valence-corrected chi connectivity index (χ3v) is 2.82. The Morgan fingerprint density at radius 2 is 2.24 bits per heavy atom. The quantitative estimate of drug-likeness (QED) is 0.727. The van der Waals surface area contributed by atoms with Crippen LogP contribution in [0.2, 0.25) is 0 Å². The lowest BCUT2D eigenvalue weighted by molar-refractivity contribution is -0.120. The molecule has 92 valence electrons. The minimum Gasteiger partial charge on any atom is -0.354 e. The zero-order valence-electron chi connectivity index (χ0n) is 10.1. The Kier molecular flexibility index (Phi) is 3.12. The molecule has 1 saturated heterocycles. The lowest BCUT2D eigenvalue weighted by Crippen LogP contribution is -2.35. The molecule has 0 atom stereocenters. The lowest BCUT2D eigenvalue weighted by atomic mass is 10.3. The predicted molar refractivity (Wildman–Crippen MR) is 61.5 cm³/mol. The zero-order chi connectivity index (χ0) is 12.4. The number of hydrogen-bond acceptors (Lipinski definition) is 3. The van der Waals surface area contributed by atoms with Gasteiger partial charge in [0.2, 0.25) is 5.91 Å². The van der Waals surface area contributed by atoms with Crippen molar-refractivity contribution < 1.29 is 9.59 Å². The first-order valence-corrected chi connectivity index (χ1v) is 5.64. The van der Waals surface area contributed by atoms with Crippen LogP contribution in [0.4, 0.5) is 0 Å². The highest BCUT2D eigenvalue weighted by Crippen LogP contribution is 2.08. The smallest absolute Gasteiger partial charge is 0.272 e. The van der Waals surface area contributed by atoms with Crippen molar-refractivity contribution in [1.29, 1.82) is 0 Å². The van der Waals surface area contributed by atoms with Crippen LogP contribution in [-0.4, -0.2) is 46.1 Å². The van der Waals surface area contributed by atoms with Crippen LogP contribution in [0.3, 0.4) is 0 Å². The number of aryl methyl sites for hydroxylation is 2. The molecule has 0 saturated carbocycles. The Bertz CT molecular complexity index is 452. The zero-order valence-corrected chi connectivity index (χ0v) is 10.1. The van der Waals surface area contributed by atoms with E-state index >= 15 is 0 Å². The van der Waals surface area contributed by atoms with Crippen molar-refractivity contribution in [3.8, 4) is 0 Å². The second-order valence-corrected chi connectivity index (χ2v) is 4.19. The number of hydrogen-bond donors (Lipinski definition) is 1. The molecular formula is C11H16N4O2. The van der Waals surface area contributed by atoms with Gasteiger partial charge in [0.1, 0.15) is 5.69 Å². The monoisotopic (exact) mass is 236 g/mol. The van der Waals surface area contributed by atoms with E-state index in [2.05, 4.69) is 10.4 Å². The highest BCUT2D eigenvalue weighted by molar-refractivity contribution is 5.93. The fourth-order valence-electron chi connectivity index (χ4n) is 1.94. The fraction of sp³-hybridized carbons (Fsp3) is 0.545. The maximum absolute atomic E-state index is 12.2. The number of nitrogens with zero attached hydrogens (tertiary/aromatic N) is 3. The maximum Gasteiger partial charge on any atom is 0.272 e. The van der Waals surface area contributed by atoms with Gasteiger partial charge < -0.3 is 10.2 Å². The van der Waals surface area contributed by atoms with Crippen molar-refractivity contribution in [1.82, 2.24) is 20.0 Å². The molecule has 2 rings (SSSR count). The minimum absolute atomic E-state index is 0.00138. The summed E-state index contributed by atoms with van der Waals surface area (Å²) in [4.78, 5) is 25.1. The number of aromatic nitrogens is 2. The summed E-state index contributed by atoms with van der Waals surface area (Å²) in [5.41, 5.74) is 1.39. The van der Waals surface area contributed by atoms with Gasteiger partial charge in [-0.3, -0.25) is 14.3 Å². The van der Waals surface area contributed by atoms with Crippen molar-refractivity contribution in [2.24, 2.45) is 7.05 Å². The molecule has 0 unspecified atom stereocenters. The number of carbonyl (C=O) groups is 2. The lowest BCUT2D eigenvalue weighted by Gasteiger charge is -2.19. The average molecular weight is 236 g/mol. The van der Waals surface area contributed by atoms with Crippen LogP contribution in [0, 0.1) is 6.92 Å². The third kappa shape index (κ3) is 2.46. The molecule has 1 aliphatic heterocycles. The maximum atomic E-state index is 12.2. The molecule has 2 heterocycles. The highest BCUT2D eigenvalue weighted by atomic mass is 16.2. The Labute approximate surface area is 99.6 Å². The van der Waals surface area contributed by atoms with Gasteiger partial charge in [0.25, 0.3) is 5.91 Å². The Balaban J connectivity index is 2.14. The first kappa shape index (κ1) is 11.6. The first-order chi connectivity index (χ1) is 8.08. The van der Waals surface area contributed by atoms with E-state index in [1.165, 1.54) is 0 Å². The summed E-state index contributed by atoms with van der Waals surface area (Å²) in [6.45, 7) is 3.38. The van der Waals surface area contributed by atoms with Crippen molar-refractivity contribution in [2.75, 3.05) is 19.6 Å². The molecule has 2 amide bonds.